The van der Waals surface area contributed by atoms with Gasteiger partial charge in [-0.25, -0.2) is 4.98 Å². The van der Waals surface area contributed by atoms with Crippen molar-refractivity contribution in [2.75, 3.05) is 31.2 Å². The normalized spacial score (nSPS) is 17.1. The van der Waals surface area contributed by atoms with Gasteiger partial charge < -0.3 is 9.64 Å². The third-order valence-electron chi connectivity index (χ3n) is 2.37. The average molecular weight is 213 g/mol. The lowest BCUT2D eigenvalue weighted by Gasteiger charge is -2.28. The molecule has 76 valence electrons. The van der Waals surface area contributed by atoms with E-state index in [1.165, 1.54) is 0 Å². The van der Waals surface area contributed by atoms with Crippen LogP contribution < -0.4 is 4.90 Å². The van der Waals surface area contributed by atoms with Crippen molar-refractivity contribution in [1.82, 2.24) is 4.98 Å². The molecule has 14 heavy (non-hydrogen) atoms. The van der Waals surface area contributed by atoms with Crippen LogP contribution in [0.3, 0.4) is 0 Å². The molecule has 0 N–H and O–H groups in total. The van der Waals surface area contributed by atoms with Crippen LogP contribution in [0, 0.1) is 6.92 Å². The molecule has 0 amide bonds. The topological polar surface area (TPSA) is 25.4 Å². The summed E-state index contributed by atoms with van der Waals surface area (Å²) in [6.45, 7) is 5.25. The van der Waals surface area contributed by atoms with Crippen LogP contribution in [-0.4, -0.2) is 31.3 Å². The second-order valence-electron chi connectivity index (χ2n) is 3.36. The maximum atomic E-state index is 6.18. The number of hydrogen-bond donors (Lipinski definition) is 0. The van der Waals surface area contributed by atoms with Gasteiger partial charge >= 0.3 is 0 Å². The summed E-state index contributed by atoms with van der Waals surface area (Å²) >= 11 is 6.18. The van der Waals surface area contributed by atoms with Gasteiger partial charge in [0.1, 0.15) is 5.82 Å². The SMILES string of the molecule is Cc1ccnc(N2CCOCC2)c1Cl. The molecule has 0 bridgehead atoms. The number of pyridine rings is 1. The van der Waals surface area contributed by atoms with Gasteiger partial charge in [-0.05, 0) is 18.6 Å². The minimum Gasteiger partial charge on any atom is -0.378 e. The van der Waals surface area contributed by atoms with Crippen LogP contribution in [0.4, 0.5) is 5.82 Å². The van der Waals surface area contributed by atoms with Crippen molar-refractivity contribution in [1.29, 1.82) is 0 Å². The smallest absolute Gasteiger partial charge is 0.147 e. The minimum absolute atomic E-state index is 0.756. The van der Waals surface area contributed by atoms with E-state index in [-0.39, 0.29) is 0 Å². The van der Waals surface area contributed by atoms with E-state index >= 15 is 0 Å². The van der Waals surface area contributed by atoms with Gasteiger partial charge in [0.25, 0.3) is 0 Å². The van der Waals surface area contributed by atoms with Crippen LogP contribution in [0.2, 0.25) is 5.02 Å². The highest BCUT2D eigenvalue weighted by Gasteiger charge is 2.15. The third kappa shape index (κ3) is 1.83. The van der Waals surface area contributed by atoms with Crippen molar-refractivity contribution in [3.05, 3.63) is 22.8 Å². The van der Waals surface area contributed by atoms with Crippen molar-refractivity contribution in [3.8, 4) is 0 Å². The van der Waals surface area contributed by atoms with Gasteiger partial charge in [-0.1, -0.05) is 11.6 Å². The summed E-state index contributed by atoms with van der Waals surface area (Å²) in [5, 5.41) is 0.759. The van der Waals surface area contributed by atoms with Crippen molar-refractivity contribution in [2.24, 2.45) is 0 Å². The Morgan fingerprint density at radius 3 is 2.86 bits per heavy atom. The van der Waals surface area contributed by atoms with E-state index in [2.05, 4.69) is 9.88 Å². The molecule has 0 spiro atoms. The lowest BCUT2D eigenvalue weighted by molar-refractivity contribution is 0.122. The fourth-order valence-corrected chi connectivity index (χ4v) is 1.75. The molecule has 1 aromatic rings. The highest BCUT2D eigenvalue weighted by Crippen LogP contribution is 2.26. The molecule has 1 fully saturated rings. The molecule has 0 atom stereocenters. The lowest BCUT2D eigenvalue weighted by Crippen LogP contribution is -2.37. The first-order chi connectivity index (χ1) is 6.79. The Morgan fingerprint density at radius 2 is 2.14 bits per heavy atom. The number of nitrogens with zero attached hydrogens (tertiary/aromatic N) is 2. The van der Waals surface area contributed by atoms with Crippen LogP contribution in [0.15, 0.2) is 12.3 Å². The zero-order valence-corrected chi connectivity index (χ0v) is 8.92. The molecule has 1 aromatic heterocycles. The Hall–Kier alpha value is -0.800. The number of anilines is 1. The third-order valence-corrected chi connectivity index (χ3v) is 2.84. The van der Waals surface area contributed by atoms with Crippen molar-refractivity contribution >= 4 is 17.4 Å². The van der Waals surface area contributed by atoms with Crippen LogP contribution >= 0.6 is 11.6 Å². The first-order valence-electron chi connectivity index (χ1n) is 4.73. The Balaban J connectivity index is 2.26. The Labute approximate surface area is 88.6 Å². The van der Waals surface area contributed by atoms with Crippen LogP contribution in [0.25, 0.3) is 0 Å². The predicted octanol–water partition coefficient (Wildman–Crippen LogP) is 1.88. The monoisotopic (exact) mass is 212 g/mol. The molecular formula is C10H13ClN2O. The fourth-order valence-electron chi connectivity index (χ4n) is 1.52. The average Bonchev–Trinajstić information content (AvgIpc) is 2.23. The Bertz CT molecular complexity index is 324. The predicted molar refractivity (Wildman–Crippen MR) is 57.0 cm³/mol. The number of morpholine rings is 1. The number of ether oxygens (including phenoxy) is 1. The summed E-state index contributed by atoms with van der Waals surface area (Å²) in [6.07, 6.45) is 1.80. The first-order valence-corrected chi connectivity index (χ1v) is 5.10. The van der Waals surface area contributed by atoms with Gasteiger partial charge in [0.15, 0.2) is 0 Å². The molecular weight excluding hydrogens is 200 g/mol. The Kier molecular flexibility index (Phi) is 2.89. The number of halogens is 1. The Morgan fingerprint density at radius 1 is 1.43 bits per heavy atom. The maximum absolute atomic E-state index is 6.18. The van der Waals surface area contributed by atoms with E-state index in [0.717, 1.165) is 42.7 Å². The summed E-state index contributed by atoms with van der Waals surface area (Å²) in [5.74, 6) is 0.884. The fraction of sp³-hybridized carbons (Fsp3) is 0.500. The summed E-state index contributed by atoms with van der Waals surface area (Å²) in [7, 11) is 0. The minimum atomic E-state index is 0.756. The van der Waals surface area contributed by atoms with Gasteiger partial charge in [-0.3, -0.25) is 0 Å². The number of aromatic nitrogens is 1. The highest BCUT2D eigenvalue weighted by molar-refractivity contribution is 6.33. The molecule has 2 heterocycles. The summed E-state index contributed by atoms with van der Waals surface area (Å²) < 4.78 is 5.28. The molecule has 1 saturated heterocycles. The molecule has 0 radical (unpaired) electrons. The first kappa shape index (κ1) is 9.74. The van der Waals surface area contributed by atoms with Gasteiger partial charge in [0, 0.05) is 19.3 Å². The van der Waals surface area contributed by atoms with Crippen LogP contribution in [0.5, 0.6) is 0 Å². The van der Waals surface area contributed by atoms with E-state index in [0.29, 0.717) is 0 Å². The standard InChI is InChI=1S/C10H13ClN2O/c1-8-2-3-12-10(9(8)11)13-4-6-14-7-5-13/h2-3H,4-7H2,1H3. The summed E-state index contributed by atoms with van der Waals surface area (Å²) in [4.78, 5) is 6.47. The van der Waals surface area contributed by atoms with E-state index in [1.807, 2.05) is 13.0 Å². The molecule has 1 aliphatic heterocycles. The van der Waals surface area contributed by atoms with Crippen molar-refractivity contribution in [2.45, 2.75) is 6.92 Å². The molecule has 1 aliphatic rings. The zero-order valence-electron chi connectivity index (χ0n) is 8.16. The van der Waals surface area contributed by atoms with E-state index in [9.17, 15) is 0 Å². The largest absolute Gasteiger partial charge is 0.378 e. The second-order valence-corrected chi connectivity index (χ2v) is 3.74. The van der Waals surface area contributed by atoms with Gasteiger partial charge in [-0.2, -0.15) is 0 Å². The van der Waals surface area contributed by atoms with Gasteiger partial charge in [-0.15, -0.1) is 0 Å². The molecule has 2 rings (SSSR count). The van der Waals surface area contributed by atoms with Crippen molar-refractivity contribution < 1.29 is 4.74 Å². The molecule has 4 heteroatoms. The van der Waals surface area contributed by atoms with Gasteiger partial charge in [0.2, 0.25) is 0 Å². The number of hydrogen-bond acceptors (Lipinski definition) is 3. The highest BCUT2D eigenvalue weighted by atomic mass is 35.5. The molecule has 0 aliphatic carbocycles. The lowest BCUT2D eigenvalue weighted by atomic mass is 10.3. The molecule has 0 saturated carbocycles. The van der Waals surface area contributed by atoms with Gasteiger partial charge in [0.05, 0.1) is 18.2 Å². The zero-order chi connectivity index (χ0) is 9.97. The molecule has 3 nitrogen and oxygen atoms in total. The quantitative estimate of drug-likeness (QED) is 0.711. The van der Waals surface area contributed by atoms with E-state index in [1.54, 1.807) is 6.20 Å². The summed E-state index contributed by atoms with van der Waals surface area (Å²) in [6, 6.07) is 1.92. The van der Waals surface area contributed by atoms with Crippen LogP contribution in [0.1, 0.15) is 5.56 Å². The van der Waals surface area contributed by atoms with Crippen LogP contribution in [-0.2, 0) is 4.74 Å². The van der Waals surface area contributed by atoms with E-state index in [4.69, 9.17) is 16.3 Å². The number of rotatable bonds is 1. The maximum Gasteiger partial charge on any atom is 0.147 e. The number of aryl methyl sites for hydroxylation is 1. The van der Waals surface area contributed by atoms with Crippen molar-refractivity contribution in [3.63, 3.8) is 0 Å². The summed E-state index contributed by atoms with van der Waals surface area (Å²) in [5.41, 5.74) is 1.07. The second kappa shape index (κ2) is 4.15. The molecule has 0 aromatic carbocycles. The van der Waals surface area contributed by atoms with E-state index < -0.39 is 0 Å². The molecule has 0 unspecified atom stereocenters.